The number of nitrogens with zero attached hydrogens (tertiary/aromatic N) is 2. The van der Waals surface area contributed by atoms with Crippen LogP contribution in [-0.2, 0) is 4.74 Å². The van der Waals surface area contributed by atoms with E-state index in [4.69, 9.17) is 4.74 Å². The normalized spacial score (nSPS) is 22.1. The van der Waals surface area contributed by atoms with Crippen LogP contribution in [0.5, 0.6) is 0 Å². The zero-order valence-electron chi connectivity index (χ0n) is 12.7. The van der Waals surface area contributed by atoms with Gasteiger partial charge in [-0.15, -0.1) is 24.8 Å². The van der Waals surface area contributed by atoms with E-state index < -0.39 is 0 Å². The Morgan fingerprint density at radius 3 is 2.05 bits per heavy atom. The van der Waals surface area contributed by atoms with Gasteiger partial charge in [-0.3, -0.25) is 4.90 Å². The van der Waals surface area contributed by atoms with Crippen LogP contribution in [0.4, 0.5) is 0 Å². The SMILES string of the molecule is CCNCC1CCN(CCN2CCOCC2)CC1.Cl.Cl. The molecule has 0 aromatic carbocycles. The Balaban J connectivity index is 0.00000180. The standard InChI is InChI=1S/C14H29N3O.2ClH/c1-2-15-13-14-3-5-16(6-4-14)7-8-17-9-11-18-12-10-17;;/h14-15H,2-13H2,1H3;2*1H. The molecule has 1 N–H and O–H groups in total. The van der Waals surface area contributed by atoms with Gasteiger partial charge in [0.15, 0.2) is 0 Å². The van der Waals surface area contributed by atoms with Crippen molar-refractivity contribution in [2.45, 2.75) is 19.8 Å². The Kier molecular flexibility index (Phi) is 12.3. The Hall–Kier alpha value is 0.420. The second-order valence-corrected chi connectivity index (χ2v) is 5.55. The fourth-order valence-corrected chi connectivity index (χ4v) is 2.87. The molecule has 0 bridgehead atoms. The summed E-state index contributed by atoms with van der Waals surface area (Å²) in [7, 11) is 0. The van der Waals surface area contributed by atoms with Gasteiger partial charge in [-0.05, 0) is 44.9 Å². The number of likely N-dealkylation sites (tertiary alicyclic amines) is 1. The molecule has 20 heavy (non-hydrogen) atoms. The third kappa shape index (κ3) is 7.43. The van der Waals surface area contributed by atoms with Gasteiger partial charge in [-0.2, -0.15) is 0 Å². The highest BCUT2D eigenvalue weighted by molar-refractivity contribution is 5.85. The number of morpholine rings is 1. The van der Waals surface area contributed by atoms with Gasteiger partial charge in [0.2, 0.25) is 0 Å². The predicted molar refractivity (Wildman–Crippen MR) is 89.5 cm³/mol. The van der Waals surface area contributed by atoms with Gasteiger partial charge in [0.1, 0.15) is 0 Å². The number of nitrogens with one attached hydrogen (secondary N) is 1. The monoisotopic (exact) mass is 327 g/mol. The Morgan fingerprint density at radius 2 is 1.50 bits per heavy atom. The van der Waals surface area contributed by atoms with Crippen molar-refractivity contribution in [2.75, 3.05) is 65.6 Å². The summed E-state index contributed by atoms with van der Waals surface area (Å²) in [6.45, 7) is 13.7. The molecule has 0 saturated carbocycles. The number of piperidine rings is 1. The summed E-state index contributed by atoms with van der Waals surface area (Å²) in [6.07, 6.45) is 2.74. The van der Waals surface area contributed by atoms with E-state index in [0.29, 0.717) is 0 Å². The topological polar surface area (TPSA) is 27.7 Å². The van der Waals surface area contributed by atoms with E-state index >= 15 is 0 Å². The van der Waals surface area contributed by atoms with E-state index in [-0.39, 0.29) is 24.8 Å². The molecule has 2 heterocycles. The molecule has 2 fully saturated rings. The van der Waals surface area contributed by atoms with Crippen LogP contribution in [0.15, 0.2) is 0 Å². The van der Waals surface area contributed by atoms with Gasteiger partial charge in [0.05, 0.1) is 13.2 Å². The fourth-order valence-electron chi connectivity index (χ4n) is 2.87. The van der Waals surface area contributed by atoms with Crippen LogP contribution in [-0.4, -0.2) is 75.4 Å². The second-order valence-electron chi connectivity index (χ2n) is 5.55. The molecular weight excluding hydrogens is 297 g/mol. The zero-order chi connectivity index (χ0) is 12.6. The summed E-state index contributed by atoms with van der Waals surface area (Å²) in [4.78, 5) is 5.17. The van der Waals surface area contributed by atoms with Crippen molar-refractivity contribution in [1.29, 1.82) is 0 Å². The first-order chi connectivity index (χ1) is 8.88. The van der Waals surface area contributed by atoms with Crippen LogP contribution in [0.25, 0.3) is 0 Å². The first kappa shape index (κ1) is 20.4. The molecular formula is C14H31Cl2N3O. The molecule has 0 unspecified atom stereocenters. The predicted octanol–water partition coefficient (Wildman–Crippen LogP) is 1.48. The lowest BCUT2D eigenvalue weighted by atomic mass is 9.97. The van der Waals surface area contributed by atoms with Gasteiger partial charge < -0.3 is 15.0 Å². The van der Waals surface area contributed by atoms with Crippen molar-refractivity contribution in [3.63, 3.8) is 0 Å². The molecule has 2 saturated heterocycles. The minimum Gasteiger partial charge on any atom is -0.379 e. The summed E-state index contributed by atoms with van der Waals surface area (Å²) in [6, 6.07) is 0. The van der Waals surface area contributed by atoms with Crippen molar-refractivity contribution in [3.05, 3.63) is 0 Å². The maximum atomic E-state index is 5.38. The number of halogens is 2. The van der Waals surface area contributed by atoms with E-state index in [9.17, 15) is 0 Å². The average molecular weight is 328 g/mol. The van der Waals surface area contributed by atoms with E-state index in [0.717, 1.165) is 38.8 Å². The minimum absolute atomic E-state index is 0. The van der Waals surface area contributed by atoms with Crippen LogP contribution in [0.1, 0.15) is 19.8 Å². The van der Waals surface area contributed by atoms with Crippen LogP contribution in [0, 0.1) is 5.92 Å². The van der Waals surface area contributed by atoms with Crippen molar-refractivity contribution in [1.82, 2.24) is 15.1 Å². The largest absolute Gasteiger partial charge is 0.379 e. The van der Waals surface area contributed by atoms with Crippen LogP contribution in [0.2, 0.25) is 0 Å². The molecule has 2 aliphatic rings. The highest BCUT2D eigenvalue weighted by atomic mass is 35.5. The molecule has 0 aromatic rings. The van der Waals surface area contributed by atoms with Crippen LogP contribution in [0.3, 0.4) is 0 Å². The molecule has 0 radical (unpaired) electrons. The molecule has 0 aliphatic carbocycles. The minimum atomic E-state index is 0. The molecule has 0 amide bonds. The molecule has 0 spiro atoms. The third-order valence-electron chi connectivity index (χ3n) is 4.23. The zero-order valence-corrected chi connectivity index (χ0v) is 14.3. The molecule has 122 valence electrons. The maximum absolute atomic E-state index is 5.38. The lowest BCUT2D eigenvalue weighted by molar-refractivity contribution is 0.0314. The quantitative estimate of drug-likeness (QED) is 0.799. The van der Waals surface area contributed by atoms with E-state index in [1.165, 1.54) is 45.6 Å². The van der Waals surface area contributed by atoms with Gasteiger partial charge in [-0.25, -0.2) is 0 Å². The Bertz CT molecular complexity index is 220. The van der Waals surface area contributed by atoms with Crippen LogP contribution >= 0.6 is 24.8 Å². The summed E-state index contributed by atoms with van der Waals surface area (Å²) in [5.41, 5.74) is 0. The van der Waals surface area contributed by atoms with E-state index in [1.54, 1.807) is 0 Å². The lowest BCUT2D eigenvalue weighted by Crippen LogP contribution is -2.44. The molecule has 4 nitrogen and oxygen atoms in total. The molecule has 2 aliphatic heterocycles. The highest BCUT2D eigenvalue weighted by Gasteiger charge is 2.19. The lowest BCUT2D eigenvalue weighted by Gasteiger charge is -2.34. The van der Waals surface area contributed by atoms with E-state index in [2.05, 4.69) is 22.0 Å². The highest BCUT2D eigenvalue weighted by Crippen LogP contribution is 2.16. The summed E-state index contributed by atoms with van der Waals surface area (Å²) in [5, 5.41) is 3.48. The van der Waals surface area contributed by atoms with Gasteiger partial charge >= 0.3 is 0 Å². The Morgan fingerprint density at radius 1 is 0.950 bits per heavy atom. The van der Waals surface area contributed by atoms with Crippen LogP contribution < -0.4 is 5.32 Å². The smallest absolute Gasteiger partial charge is 0.0594 e. The molecule has 0 atom stereocenters. The van der Waals surface area contributed by atoms with Gasteiger partial charge in [-0.1, -0.05) is 6.92 Å². The van der Waals surface area contributed by atoms with Crippen molar-refractivity contribution in [3.8, 4) is 0 Å². The Labute approximate surface area is 136 Å². The summed E-state index contributed by atoms with van der Waals surface area (Å²) >= 11 is 0. The number of hydrogen-bond acceptors (Lipinski definition) is 4. The van der Waals surface area contributed by atoms with Gasteiger partial charge in [0.25, 0.3) is 0 Å². The maximum Gasteiger partial charge on any atom is 0.0594 e. The number of ether oxygens (including phenoxy) is 1. The van der Waals surface area contributed by atoms with Gasteiger partial charge in [0, 0.05) is 26.2 Å². The van der Waals surface area contributed by atoms with Crippen molar-refractivity contribution in [2.24, 2.45) is 5.92 Å². The molecule has 0 aromatic heterocycles. The summed E-state index contributed by atoms with van der Waals surface area (Å²) in [5.74, 6) is 0.907. The number of rotatable bonds is 6. The van der Waals surface area contributed by atoms with E-state index in [1.807, 2.05) is 0 Å². The molecule has 2 rings (SSSR count). The second kappa shape index (κ2) is 12.0. The first-order valence-corrected chi connectivity index (χ1v) is 7.61. The first-order valence-electron chi connectivity index (χ1n) is 7.61. The van der Waals surface area contributed by atoms with Crippen molar-refractivity contribution >= 4 is 24.8 Å². The third-order valence-corrected chi connectivity index (χ3v) is 4.23. The fraction of sp³-hybridized carbons (Fsp3) is 1.00. The molecule has 6 heteroatoms. The average Bonchev–Trinajstić information content (AvgIpc) is 2.45. The van der Waals surface area contributed by atoms with Crippen molar-refractivity contribution < 1.29 is 4.74 Å². The summed E-state index contributed by atoms with van der Waals surface area (Å²) < 4.78 is 5.38. The number of hydrogen-bond donors (Lipinski definition) is 1.